The number of hydrogen-bond donors (Lipinski definition) is 0. The predicted octanol–water partition coefficient (Wildman–Crippen LogP) is 12.0. The van der Waals surface area contributed by atoms with Crippen LogP contribution in [-0.4, -0.2) is 36.4 Å². The van der Waals surface area contributed by atoms with Crippen molar-refractivity contribution in [2.75, 3.05) is 13.2 Å². The molecule has 0 radical (unpaired) electrons. The number of benzene rings is 2. The van der Waals surface area contributed by atoms with E-state index in [1.54, 1.807) is 12.1 Å². The van der Waals surface area contributed by atoms with Gasteiger partial charge in [-0.25, -0.2) is 4.79 Å². The van der Waals surface area contributed by atoms with Gasteiger partial charge in [0.2, 0.25) is 0 Å². The number of nitrogens with zero attached hydrogens (tertiary/aromatic N) is 1. The molecule has 1 aromatic heterocycles. The molecule has 3 rings (SSSR count). The lowest BCUT2D eigenvalue weighted by Crippen LogP contribution is -2.28. The molecule has 4 nitrogen and oxygen atoms in total. The maximum absolute atomic E-state index is 12.4. The predicted molar refractivity (Wildman–Crippen MR) is 185 cm³/mol. The number of unbranched alkanes of at least 4 members (excludes halogenated alkanes) is 13. The van der Waals surface area contributed by atoms with E-state index in [0.29, 0.717) is 24.8 Å². The van der Waals surface area contributed by atoms with Crippen molar-refractivity contribution in [2.45, 2.75) is 129 Å². The zero-order valence-corrected chi connectivity index (χ0v) is 28.5. The molecule has 0 saturated heterocycles. The molecule has 47 heavy (non-hydrogen) atoms. The van der Waals surface area contributed by atoms with Gasteiger partial charge in [-0.2, -0.15) is 13.2 Å². The topological polar surface area (TPSA) is 48.4 Å². The molecule has 258 valence electrons. The number of aromatic nitrogens is 1. The second-order valence-corrected chi connectivity index (χ2v) is 12.6. The Bertz CT molecular complexity index is 1260. The molecule has 0 amide bonds. The maximum atomic E-state index is 12.4. The molecule has 0 aliphatic rings. The van der Waals surface area contributed by atoms with E-state index in [9.17, 15) is 18.0 Å². The van der Waals surface area contributed by atoms with Crippen molar-refractivity contribution in [1.82, 2.24) is 4.98 Å². The highest BCUT2D eigenvalue weighted by atomic mass is 19.4. The molecular formula is C40H54F3NO3. The Hall–Kier alpha value is -3.19. The van der Waals surface area contributed by atoms with E-state index in [-0.39, 0.29) is 19.2 Å². The number of halogens is 3. The fourth-order valence-corrected chi connectivity index (χ4v) is 5.53. The molecule has 3 aromatic rings. The quantitative estimate of drug-likeness (QED) is 0.0755. The Kier molecular flexibility index (Phi) is 17.6. The fraction of sp³-hybridized carbons (Fsp3) is 0.550. The second kappa shape index (κ2) is 21.6. The van der Waals surface area contributed by atoms with Crippen LogP contribution in [0.15, 0.2) is 66.9 Å². The van der Waals surface area contributed by atoms with Gasteiger partial charge >= 0.3 is 12.1 Å². The third kappa shape index (κ3) is 15.1. The normalized spacial score (nSPS) is 12.3. The maximum Gasteiger partial charge on any atom is 0.414 e. The molecular weight excluding hydrogens is 599 g/mol. The minimum Gasteiger partial charge on any atom is -0.462 e. The van der Waals surface area contributed by atoms with Crippen LogP contribution < -0.4 is 0 Å². The van der Waals surface area contributed by atoms with Crippen molar-refractivity contribution in [3.63, 3.8) is 0 Å². The monoisotopic (exact) mass is 653 g/mol. The van der Waals surface area contributed by atoms with Gasteiger partial charge in [-0.3, -0.25) is 4.98 Å². The van der Waals surface area contributed by atoms with Crippen LogP contribution in [0.25, 0.3) is 22.4 Å². The van der Waals surface area contributed by atoms with Gasteiger partial charge in [-0.1, -0.05) is 120 Å². The minimum absolute atomic E-state index is 0.0672. The first-order valence-electron chi connectivity index (χ1n) is 17.8. The van der Waals surface area contributed by atoms with Crippen LogP contribution in [0.4, 0.5) is 13.2 Å². The smallest absolute Gasteiger partial charge is 0.414 e. The van der Waals surface area contributed by atoms with E-state index in [4.69, 9.17) is 14.5 Å². The van der Waals surface area contributed by atoms with E-state index < -0.39 is 12.3 Å². The van der Waals surface area contributed by atoms with Crippen LogP contribution in [-0.2, 0) is 15.9 Å². The first-order valence-corrected chi connectivity index (χ1v) is 17.8. The Labute approximate surface area is 280 Å². The molecule has 0 aliphatic heterocycles. The average Bonchev–Trinajstić information content (AvgIpc) is 3.08. The Morgan fingerprint density at radius 3 is 1.77 bits per heavy atom. The number of rotatable bonds is 23. The lowest BCUT2D eigenvalue weighted by molar-refractivity contribution is -0.214. The summed E-state index contributed by atoms with van der Waals surface area (Å²) in [5.74, 6) is -0.390. The fourth-order valence-electron chi connectivity index (χ4n) is 5.53. The summed E-state index contributed by atoms with van der Waals surface area (Å²) in [6, 6.07) is 20.1. The van der Waals surface area contributed by atoms with Gasteiger partial charge < -0.3 is 9.47 Å². The number of alkyl halides is 3. The van der Waals surface area contributed by atoms with Gasteiger partial charge in [0.1, 0.15) is 0 Å². The summed E-state index contributed by atoms with van der Waals surface area (Å²) in [4.78, 5) is 17.1. The average molecular weight is 654 g/mol. The zero-order chi connectivity index (χ0) is 33.7. The number of carbonyl (C=O) groups is 1. The van der Waals surface area contributed by atoms with Crippen LogP contribution >= 0.6 is 0 Å². The molecule has 7 heteroatoms. The molecule has 1 atom stereocenters. The van der Waals surface area contributed by atoms with Crippen LogP contribution in [0.2, 0.25) is 0 Å². The number of esters is 1. The van der Waals surface area contributed by atoms with Gasteiger partial charge in [0.15, 0.2) is 6.10 Å². The summed E-state index contributed by atoms with van der Waals surface area (Å²) in [6.07, 6.45) is 14.5. The van der Waals surface area contributed by atoms with Crippen LogP contribution in [0, 0.1) is 0 Å². The highest BCUT2D eigenvalue weighted by Crippen LogP contribution is 2.25. The van der Waals surface area contributed by atoms with Gasteiger partial charge in [0.05, 0.1) is 17.9 Å². The second-order valence-electron chi connectivity index (χ2n) is 12.6. The number of pyridine rings is 1. The van der Waals surface area contributed by atoms with Crippen molar-refractivity contribution in [1.29, 1.82) is 0 Å². The molecule has 0 aliphatic carbocycles. The largest absolute Gasteiger partial charge is 0.462 e. The third-order valence-electron chi connectivity index (χ3n) is 8.64. The molecule has 0 saturated carbocycles. The van der Waals surface area contributed by atoms with Crippen molar-refractivity contribution in [3.8, 4) is 22.4 Å². The highest BCUT2D eigenvalue weighted by molar-refractivity contribution is 5.90. The summed E-state index contributed by atoms with van der Waals surface area (Å²) >= 11 is 0. The highest BCUT2D eigenvalue weighted by Gasteiger charge is 2.36. The molecule has 1 heterocycles. The minimum atomic E-state index is -4.33. The number of aryl methyl sites for hydroxylation is 1. The lowest BCUT2D eigenvalue weighted by atomic mass is 10.0. The lowest BCUT2D eigenvalue weighted by Gasteiger charge is -2.16. The van der Waals surface area contributed by atoms with Crippen molar-refractivity contribution in [3.05, 3.63) is 78.0 Å². The Morgan fingerprint density at radius 2 is 1.19 bits per heavy atom. The molecule has 0 bridgehead atoms. The third-order valence-corrected chi connectivity index (χ3v) is 8.64. The van der Waals surface area contributed by atoms with E-state index in [0.717, 1.165) is 42.1 Å². The van der Waals surface area contributed by atoms with Crippen molar-refractivity contribution in [2.24, 2.45) is 0 Å². The van der Waals surface area contributed by atoms with Gasteiger partial charge in [0.25, 0.3) is 0 Å². The van der Waals surface area contributed by atoms with Gasteiger partial charge in [-0.05, 0) is 68.4 Å². The van der Waals surface area contributed by atoms with Crippen LogP contribution in [0.1, 0.15) is 126 Å². The SMILES string of the molecule is CCCCCCCCCCCCCc1ccc(-c2ccc(-c3ccc(C(=O)OCCCCCCOC(C)C(F)(F)F)cc3)cn2)cc1. The molecule has 0 spiro atoms. The van der Waals surface area contributed by atoms with Gasteiger partial charge in [0, 0.05) is 23.9 Å². The van der Waals surface area contributed by atoms with E-state index in [1.165, 1.54) is 76.2 Å². The first kappa shape index (κ1) is 38.3. The van der Waals surface area contributed by atoms with E-state index in [2.05, 4.69) is 31.2 Å². The summed E-state index contributed by atoms with van der Waals surface area (Å²) in [5, 5.41) is 0. The van der Waals surface area contributed by atoms with Crippen molar-refractivity contribution >= 4 is 5.97 Å². The van der Waals surface area contributed by atoms with Gasteiger partial charge in [-0.15, -0.1) is 0 Å². The molecule has 1 unspecified atom stereocenters. The molecule has 0 N–H and O–H groups in total. The molecule has 2 aromatic carbocycles. The summed E-state index contributed by atoms with van der Waals surface area (Å²) in [6.45, 7) is 3.62. The zero-order valence-electron chi connectivity index (χ0n) is 28.5. The summed E-state index contributed by atoms with van der Waals surface area (Å²) < 4.78 is 47.5. The van der Waals surface area contributed by atoms with Crippen LogP contribution in [0.3, 0.4) is 0 Å². The number of carbonyl (C=O) groups excluding carboxylic acids is 1. The van der Waals surface area contributed by atoms with Crippen molar-refractivity contribution < 1.29 is 27.4 Å². The molecule has 0 fully saturated rings. The number of hydrogen-bond acceptors (Lipinski definition) is 4. The summed E-state index contributed by atoms with van der Waals surface area (Å²) in [7, 11) is 0. The number of ether oxygens (including phenoxy) is 2. The van der Waals surface area contributed by atoms with E-state index >= 15 is 0 Å². The van der Waals surface area contributed by atoms with E-state index in [1.807, 2.05) is 30.5 Å². The summed E-state index contributed by atoms with van der Waals surface area (Å²) in [5.41, 5.74) is 5.81. The van der Waals surface area contributed by atoms with Crippen LogP contribution in [0.5, 0.6) is 0 Å². The first-order chi connectivity index (χ1) is 22.8. The Balaban J connectivity index is 1.31. The Morgan fingerprint density at radius 1 is 0.660 bits per heavy atom. The standard InChI is InChI=1S/C40H54F3NO3/c1-3-4-5-6-7-8-9-10-11-12-15-18-33-19-21-35(22-20-33)38-28-27-37(31-44-38)34-23-25-36(26-24-34)39(45)47-30-17-14-13-16-29-46-32(2)40(41,42)43/h19-28,31-32H,3-18,29-30H2,1-2H3.